The van der Waals surface area contributed by atoms with Gasteiger partial charge < -0.3 is 9.80 Å². The van der Waals surface area contributed by atoms with E-state index in [0.29, 0.717) is 4.60 Å². The molecule has 0 spiro atoms. The summed E-state index contributed by atoms with van der Waals surface area (Å²) in [6, 6.07) is 19.5. The van der Waals surface area contributed by atoms with Crippen molar-refractivity contribution >= 4 is 59.6 Å². The number of carbonyl (C=O) groups is 2. The lowest BCUT2D eigenvalue weighted by Gasteiger charge is -2.21. The molecule has 0 N–H and O–H groups in total. The van der Waals surface area contributed by atoms with Crippen molar-refractivity contribution in [3.05, 3.63) is 85.5 Å². The number of carbonyl (C=O) groups excluding carboxylic acids is 2. The third kappa shape index (κ3) is 7.01. The van der Waals surface area contributed by atoms with E-state index in [1.807, 2.05) is 60.7 Å². The van der Waals surface area contributed by atoms with E-state index in [1.165, 1.54) is 0 Å². The van der Waals surface area contributed by atoms with Crippen LogP contribution in [0.3, 0.4) is 0 Å². The molecule has 176 valence electrons. The first kappa shape index (κ1) is 27.3. The minimum atomic E-state index is -0.336. The van der Waals surface area contributed by atoms with Crippen LogP contribution in [0, 0.1) is 0 Å². The molecule has 1 aromatic heterocycles. The maximum Gasteiger partial charge on any atom is 0.246 e. The second kappa shape index (κ2) is 12.5. The van der Waals surface area contributed by atoms with E-state index >= 15 is 0 Å². The number of aromatic nitrogens is 2. The molecule has 2 amide bonds. The van der Waals surface area contributed by atoms with Crippen LogP contribution in [0.5, 0.6) is 0 Å². The van der Waals surface area contributed by atoms with Crippen molar-refractivity contribution in [2.75, 3.05) is 28.2 Å². The highest BCUT2D eigenvalue weighted by Gasteiger charge is 2.24. The Kier molecular flexibility index (Phi) is 10.3. The lowest BCUT2D eigenvalue weighted by molar-refractivity contribution is -0.132. The number of rotatable bonds is 5. The van der Waals surface area contributed by atoms with Crippen LogP contribution in [0.25, 0.3) is 0 Å². The summed E-state index contributed by atoms with van der Waals surface area (Å²) < 4.78 is 3.85. The standard InChI is InChI=1S/C16H17NO.C8H10Br3N3O/c1-17(2)16(18)15(13-9-5-3-6-10-13)14-11-7-4-8-12-14;1-4(8(15)13(2)3)14-7(11)5(9)6(10)12-14/h3-12,15H,1-2H3;4H,1-3H3. The Hall–Kier alpha value is -1.97. The molecule has 1 atom stereocenters. The number of amides is 2. The monoisotopic (exact) mass is 640 g/mol. The average molecular weight is 643 g/mol. The molecule has 0 saturated heterocycles. The van der Waals surface area contributed by atoms with Crippen LogP contribution < -0.4 is 0 Å². The largest absolute Gasteiger partial charge is 0.348 e. The second-order valence-electron chi connectivity index (χ2n) is 7.74. The molecule has 2 aromatic carbocycles. The van der Waals surface area contributed by atoms with E-state index in [-0.39, 0.29) is 23.8 Å². The van der Waals surface area contributed by atoms with Gasteiger partial charge in [0.05, 0.1) is 10.4 Å². The van der Waals surface area contributed by atoms with Gasteiger partial charge in [-0.05, 0) is 65.8 Å². The number of benzene rings is 2. The van der Waals surface area contributed by atoms with Crippen molar-refractivity contribution < 1.29 is 9.59 Å². The van der Waals surface area contributed by atoms with Gasteiger partial charge in [-0.25, -0.2) is 4.68 Å². The van der Waals surface area contributed by atoms with Gasteiger partial charge in [0, 0.05) is 28.2 Å². The van der Waals surface area contributed by atoms with E-state index in [9.17, 15) is 9.59 Å². The fourth-order valence-corrected chi connectivity index (χ4v) is 4.59. The molecular formula is C24H27Br3N4O2. The summed E-state index contributed by atoms with van der Waals surface area (Å²) in [6.45, 7) is 1.80. The van der Waals surface area contributed by atoms with Crippen LogP contribution in [-0.2, 0) is 9.59 Å². The van der Waals surface area contributed by atoms with E-state index in [0.717, 1.165) is 20.2 Å². The van der Waals surface area contributed by atoms with Crippen molar-refractivity contribution in [1.29, 1.82) is 0 Å². The van der Waals surface area contributed by atoms with Gasteiger partial charge in [0.2, 0.25) is 11.8 Å². The van der Waals surface area contributed by atoms with Gasteiger partial charge in [-0.3, -0.25) is 9.59 Å². The summed E-state index contributed by atoms with van der Waals surface area (Å²) in [7, 11) is 7.03. The number of hydrogen-bond donors (Lipinski definition) is 0. The van der Waals surface area contributed by atoms with Crippen LogP contribution in [-0.4, -0.2) is 59.6 Å². The Balaban J connectivity index is 0.000000238. The maximum absolute atomic E-state index is 12.4. The Morgan fingerprint density at radius 1 is 0.788 bits per heavy atom. The van der Waals surface area contributed by atoms with E-state index in [4.69, 9.17) is 0 Å². The van der Waals surface area contributed by atoms with E-state index in [2.05, 4.69) is 52.9 Å². The van der Waals surface area contributed by atoms with Crippen molar-refractivity contribution in [3.63, 3.8) is 0 Å². The molecule has 0 aliphatic rings. The number of likely N-dealkylation sites (N-methyl/N-ethyl adjacent to an activating group) is 2. The zero-order valence-electron chi connectivity index (χ0n) is 19.2. The maximum atomic E-state index is 12.4. The first-order chi connectivity index (χ1) is 15.6. The van der Waals surface area contributed by atoms with Crippen molar-refractivity contribution in [1.82, 2.24) is 19.6 Å². The van der Waals surface area contributed by atoms with Gasteiger partial charge in [0.15, 0.2) is 0 Å². The number of halogens is 3. The Labute approximate surface area is 220 Å². The van der Waals surface area contributed by atoms with Crippen LogP contribution in [0.15, 0.2) is 74.3 Å². The van der Waals surface area contributed by atoms with Crippen molar-refractivity contribution in [2.45, 2.75) is 18.9 Å². The molecule has 0 aliphatic heterocycles. The molecule has 0 radical (unpaired) electrons. The summed E-state index contributed by atoms with van der Waals surface area (Å²) in [6.07, 6.45) is 0. The van der Waals surface area contributed by atoms with E-state index in [1.54, 1.807) is 49.6 Å². The van der Waals surface area contributed by atoms with Crippen LogP contribution in [0.4, 0.5) is 0 Å². The second-order valence-corrected chi connectivity index (χ2v) is 10.0. The molecule has 0 bridgehead atoms. The number of nitrogens with zero attached hydrogens (tertiary/aromatic N) is 4. The Bertz CT molecular complexity index is 1030. The molecular weight excluding hydrogens is 616 g/mol. The van der Waals surface area contributed by atoms with Crippen LogP contribution in [0.1, 0.15) is 30.0 Å². The van der Waals surface area contributed by atoms with Gasteiger partial charge in [0.1, 0.15) is 15.2 Å². The topological polar surface area (TPSA) is 58.4 Å². The molecule has 6 nitrogen and oxygen atoms in total. The minimum absolute atomic E-state index is 0.00167. The Morgan fingerprint density at radius 3 is 1.55 bits per heavy atom. The predicted molar refractivity (Wildman–Crippen MR) is 142 cm³/mol. The number of hydrogen-bond acceptors (Lipinski definition) is 3. The predicted octanol–water partition coefficient (Wildman–Crippen LogP) is 5.73. The highest BCUT2D eigenvalue weighted by Crippen LogP contribution is 2.32. The summed E-state index contributed by atoms with van der Waals surface area (Å²) in [5.41, 5.74) is 2.06. The molecule has 0 saturated carbocycles. The van der Waals surface area contributed by atoms with E-state index < -0.39 is 0 Å². The first-order valence-electron chi connectivity index (χ1n) is 10.2. The molecule has 1 unspecified atom stereocenters. The summed E-state index contributed by atoms with van der Waals surface area (Å²) in [4.78, 5) is 27.3. The Morgan fingerprint density at radius 2 is 1.21 bits per heavy atom. The van der Waals surface area contributed by atoms with Gasteiger partial charge in [0.25, 0.3) is 0 Å². The third-order valence-electron chi connectivity index (χ3n) is 4.88. The lowest BCUT2D eigenvalue weighted by atomic mass is 9.90. The smallest absolute Gasteiger partial charge is 0.246 e. The normalized spacial score (nSPS) is 11.4. The SMILES string of the molecule is CC(C(=O)N(C)C)n1nc(Br)c(Br)c1Br.CN(C)C(=O)C(c1ccccc1)c1ccccc1. The van der Waals surface area contributed by atoms with Crippen molar-refractivity contribution in [2.24, 2.45) is 0 Å². The first-order valence-corrected chi connectivity index (χ1v) is 12.5. The fourth-order valence-electron chi connectivity index (χ4n) is 3.13. The van der Waals surface area contributed by atoms with Crippen LogP contribution >= 0.6 is 47.8 Å². The molecule has 9 heteroatoms. The van der Waals surface area contributed by atoms with Gasteiger partial charge in [-0.2, -0.15) is 5.10 Å². The third-order valence-corrected chi connectivity index (χ3v) is 8.01. The molecule has 33 heavy (non-hydrogen) atoms. The zero-order chi connectivity index (χ0) is 24.7. The van der Waals surface area contributed by atoms with Gasteiger partial charge in [-0.1, -0.05) is 60.7 Å². The van der Waals surface area contributed by atoms with Gasteiger partial charge in [-0.15, -0.1) is 0 Å². The fraction of sp³-hybridized carbons (Fsp3) is 0.292. The average Bonchev–Trinajstić information content (AvgIpc) is 3.07. The quantitative estimate of drug-likeness (QED) is 0.358. The molecule has 1 heterocycles. The van der Waals surface area contributed by atoms with Crippen molar-refractivity contribution in [3.8, 4) is 0 Å². The van der Waals surface area contributed by atoms with Crippen LogP contribution in [0.2, 0.25) is 0 Å². The molecule has 3 rings (SSSR count). The lowest BCUT2D eigenvalue weighted by Crippen LogP contribution is -2.30. The molecule has 0 aliphatic carbocycles. The summed E-state index contributed by atoms with van der Waals surface area (Å²) in [5.74, 6) is -0.118. The van der Waals surface area contributed by atoms with Gasteiger partial charge >= 0.3 is 0 Å². The summed E-state index contributed by atoms with van der Waals surface area (Å²) >= 11 is 10.0. The summed E-state index contributed by atoms with van der Waals surface area (Å²) in [5, 5.41) is 4.21. The zero-order valence-corrected chi connectivity index (χ0v) is 23.9. The molecule has 0 fully saturated rings. The minimum Gasteiger partial charge on any atom is -0.348 e. The highest BCUT2D eigenvalue weighted by molar-refractivity contribution is 9.14. The molecule has 3 aromatic rings. The highest BCUT2D eigenvalue weighted by atomic mass is 79.9.